The van der Waals surface area contributed by atoms with Gasteiger partial charge in [0.1, 0.15) is 5.75 Å². The number of nitrogens with one attached hydrogen (secondary N) is 1. The first-order valence-electron chi connectivity index (χ1n) is 5.89. The van der Waals surface area contributed by atoms with Crippen LogP contribution in [0.4, 0.5) is 5.69 Å². The predicted molar refractivity (Wildman–Crippen MR) is 77.4 cm³/mol. The predicted octanol–water partition coefficient (Wildman–Crippen LogP) is 2.15. The van der Waals surface area contributed by atoms with Crippen LogP contribution >= 0.6 is 11.8 Å². The summed E-state index contributed by atoms with van der Waals surface area (Å²) in [4.78, 5) is 11.9. The van der Waals surface area contributed by atoms with E-state index >= 15 is 0 Å². The molecule has 0 saturated carbocycles. The Hall–Kier alpha value is -1.36. The number of nitrogen functional groups attached to an aromatic ring is 1. The lowest BCUT2D eigenvalue weighted by atomic mass is 10.1. The van der Waals surface area contributed by atoms with Gasteiger partial charge < -0.3 is 15.8 Å². The highest BCUT2D eigenvalue weighted by Crippen LogP contribution is 2.21. The van der Waals surface area contributed by atoms with Crippen LogP contribution < -0.4 is 15.8 Å². The Balaban J connectivity index is 2.51. The third-order valence-electron chi connectivity index (χ3n) is 2.53. The summed E-state index contributed by atoms with van der Waals surface area (Å²) in [5, 5.41) is 2.88. The topological polar surface area (TPSA) is 64.3 Å². The van der Waals surface area contributed by atoms with E-state index in [0.717, 1.165) is 18.6 Å². The molecule has 0 fully saturated rings. The number of hydrogen-bond acceptors (Lipinski definition) is 4. The molecule has 4 nitrogen and oxygen atoms in total. The normalized spacial score (nSPS) is 10.1. The van der Waals surface area contributed by atoms with Crippen LogP contribution in [0.3, 0.4) is 0 Å². The molecule has 1 rings (SSSR count). The van der Waals surface area contributed by atoms with Crippen molar-refractivity contribution in [2.45, 2.75) is 12.8 Å². The van der Waals surface area contributed by atoms with Gasteiger partial charge in [0.05, 0.1) is 12.7 Å². The summed E-state index contributed by atoms with van der Waals surface area (Å²) >= 11 is 1.82. The molecule has 1 aromatic rings. The van der Waals surface area contributed by atoms with Gasteiger partial charge in [0.25, 0.3) is 5.91 Å². The Morgan fingerprint density at radius 1 is 1.44 bits per heavy atom. The Morgan fingerprint density at radius 2 is 2.22 bits per heavy atom. The monoisotopic (exact) mass is 268 g/mol. The molecule has 100 valence electrons. The first-order valence-corrected chi connectivity index (χ1v) is 7.29. The van der Waals surface area contributed by atoms with E-state index in [1.807, 2.05) is 11.8 Å². The molecule has 0 aromatic heterocycles. The van der Waals surface area contributed by atoms with Crippen LogP contribution in [0.1, 0.15) is 23.2 Å². The van der Waals surface area contributed by atoms with Gasteiger partial charge in [-0.2, -0.15) is 11.8 Å². The second kappa shape index (κ2) is 7.87. The van der Waals surface area contributed by atoms with Gasteiger partial charge in [-0.25, -0.2) is 0 Å². The van der Waals surface area contributed by atoms with E-state index in [1.165, 1.54) is 7.11 Å². The highest BCUT2D eigenvalue weighted by molar-refractivity contribution is 7.98. The largest absolute Gasteiger partial charge is 0.496 e. The molecule has 0 aliphatic carbocycles. The molecule has 0 spiro atoms. The zero-order valence-electron chi connectivity index (χ0n) is 10.9. The molecule has 0 atom stereocenters. The van der Waals surface area contributed by atoms with Crippen LogP contribution in [0.2, 0.25) is 0 Å². The standard InChI is InChI=1S/C13H20N2O2S/c1-17-12-9-10(14)5-6-11(12)13(16)15-7-3-4-8-18-2/h5-6,9H,3-4,7-8,14H2,1-2H3,(H,15,16). The minimum Gasteiger partial charge on any atom is -0.496 e. The number of carbonyl (C=O) groups excluding carboxylic acids is 1. The fraction of sp³-hybridized carbons (Fsp3) is 0.462. The van der Waals surface area contributed by atoms with Crippen LogP contribution in [0.5, 0.6) is 5.75 Å². The van der Waals surface area contributed by atoms with Gasteiger partial charge in [0.15, 0.2) is 0 Å². The molecule has 0 radical (unpaired) electrons. The molecule has 0 unspecified atom stereocenters. The van der Waals surface area contributed by atoms with Gasteiger partial charge in [0.2, 0.25) is 0 Å². The zero-order chi connectivity index (χ0) is 13.4. The molecule has 0 heterocycles. The number of hydrogen-bond donors (Lipinski definition) is 2. The Bertz CT molecular complexity index is 397. The lowest BCUT2D eigenvalue weighted by Gasteiger charge is -2.09. The molecule has 0 bridgehead atoms. The minimum atomic E-state index is -0.115. The molecule has 0 aliphatic rings. The third-order valence-corrected chi connectivity index (χ3v) is 3.23. The minimum absolute atomic E-state index is 0.115. The summed E-state index contributed by atoms with van der Waals surface area (Å²) in [6, 6.07) is 5.04. The molecule has 18 heavy (non-hydrogen) atoms. The Labute approximate surface area is 112 Å². The van der Waals surface area contributed by atoms with E-state index in [-0.39, 0.29) is 5.91 Å². The summed E-state index contributed by atoms with van der Waals surface area (Å²) in [5.74, 6) is 1.52. The van der Waals surface area contributed by atoms with E-state index < -0.39 is 0 Å². The van der Waals surface area contributed by atoms with E-state index in [0.29, 0.717) is 23.5 Å². The number of anilines is 1. The smallest absolute Gasteiger partial charge is 0.255 e. The quantitative estimate of drug-likeness (QED) is 0.587. The fourth-order valence-corrected chi connectivity index (χ4v) is 2.06. The van der Waals surface area contributed by atoms with Crippen molar-refractivity contribution >= 4 is 23.4 Å². The number of ether oxygens (including phenoxy) is 1. The highest BCUT2D eigenvalue weighted by atomic mass is 32.2. The second-order valence-electron chi connectivity index (χ2n) is 3.92. The van der Waals surface area contributed by atoms with Crippen molar-refractivity contribution < 1.29 is 9.53 Å². The first kappa shape index (κ1) is 14.7. The fourth-order valence-electron chi connectivity index (χ4n) is 1.56. The summed E-state index contributed by atoms with van der Waals surface area (Å²) in [5.41, 5.74) is 6.76. The first-order chi connectivity index (χ1) is 8.69. The van der Waals surface area contributed by atoms with Gasteiger partial charge in [0, 0.05) is 18.3 Å². The summed E-state index contributed by atoms with van der Waals surface area (Å²) in [7, 11) is 1.53. The SMILES string of the molecule is COc1cc(N)ccc1C(=O)NCCCCSC. The third kappa shape index (κ3) is 4.49. The van der Waals surface area contributed by atoms with Gasteiger partial charge in [-0.1, -0.05) is 0 Å². The van der Waals surface area contributed by atoms with Crippen molar-refractivity contribution in [2.24, 2.45) is 0 Å². The molecule has 5 heteroatoms. The van der Waals surface area contributed by atoms with Crippen molar-refractivity contribution in [3.8, 4) is 5.75 Å². The molecule has 1 aromatic carbocycles. The van der Waals surface area contributed by atoms with Crippen molar-refractivity contribution in [1.82, 2.24) is 5.32 Å². The Kier molecular flexibility index (Phi) is 6.43. The molecule has 3 N–H and O–H groups in total. The van der Waals surface area contributed by atoms with E-state index in [4.69, 9.17) is 10.5 Å². The second-order valence-corrected chi connectivity index (χ2v) is 4.90. The van der Waals surface area contributed by atoms with Crippen LogP contribution in [-0.2, 0) is 0 Å². The maximum atomic E-state index is 11.9. The number of thioether (sulfide) groups is 1. The van der Waals surface area contributed by atoms with Crippen LogP contribution in [0.25, 0.3) is 0 Å². The average molecular weight is 268 g/mol. The van der Waals surface area contributed by atoms with E-state index in [1.54, 1.807) is 18.2 Å². The average Bonchev–Trinajstić information content (AvgIpc) is 2.38. The number of unbranched alkanes of at least 4 members (excludes halogenated alkanes) is 1. The Morgan fingerprint density at radius 3 is 2.89 bits per heavy atom. The molecule has 0 aliphatic heterocycles. The number of nitrogens with two attached hydrogens (primary N) is 1. The maximum absolute atomic E-state index is 11.9. The summed E-state index contributed by atoms with van der Waals surface area (Å²) in [6.45, 7) is 0.687. The summed E-state index contributed by atoms with van der Waals surface area (Å²) in [6.07, 6.45) is 4.18. The number of carbonyl (C=O) groups is 1. The van der Waals surface area contributed by atoms with Crippen molar-refractivity contribution in [3.05, 3.63) is 23.8 Å². The van der Waals surface area contributed by atoms with Crippen molar-refractivity contribution in [2.75, 3.05) is 31.4 Å². The molecule has 1 amide bonds. The van der Waals surface area contributed by atoms with Crippen LogP contribution in [0.15, 0.2) is 18.2 Å². The number of methoxy groups -OCH3 is 1. The number of benzene rings is 1. The van der Waals surface area contributed by atoms with Crippen LogP contribution in [-0.4, -0.2) is 31.6 Å². The number of rotatable bonds is 7. The van der Waals surface area contributed by atoms with Gasteiger partial charge in [-0.3, -0.25) is 4.79 Å². The highest BCUT2D eigenvalue weighted by Gasteiger charge is 2.11. The van der Waals surface area contributed by atoms with Crippen molar-refractivity contribution in [3.63, 3.8) is 0 Å². The van der Waals surface area contributed by atoms with Gasteiger partial charge in [-0.05, 0) is 37.0 Å². The molecular weight excluding hydrogens is 248 g/mol. The van der Waals surface area contributed by atoms with Gasteiger partial charge in [-0.15, -0.1) is 0 Å². The van der Waals surface area contributed by atoms with E-state index in [2.05, 4.69) is 11.6 Å². The summed E-state index contributed by atoms with van der Waals surface area (Å²) < 4.78 is 5.15. The maximum Gasteiger partial charge on any atom is 0.255 e. The zero-order valence-corrected chi connectivity index (χ0v) is 11.7. The molecule has 0 saturated heterocycles. The van der Waals surface area contributed by atoms with Crippen LogP contribution in [0, 0.1) is 0 Å². The number of amides is 1. The van der Waals surface area contributed by atoms with E-state index in [9.17, 15) is 4.79 Å². The van der Waals surface area contributed by atoms with Crippen molar-refractivity contribution in [1.29, 1.82) is 0 Å². The molecular formula is C13H20N2O2S. The van der Waals surface area contributed by atoms with Gasteiger partial charge >= 0.3 is 0 Å². The lowest BCUT2D eigenvalue weighted by Crippen LogP contribution is -2.25. The lowest BCUT2D eigenvalue weighted by molar-refractivity contribution is 0.0950.